The first-order valence-corrected chi connectivity index (χ1v) is 33.8. The van der Waals surface area contributed by atoms with Gasteiger partial charge in [-0.15, -0.1) is 30.0 Å². The topological polar surface area (TPSA) is 304 Å². The maximum absolute atomic E-state index is 5.76. The molecule has 7 rings (SSSR count). The molecule has 6 aromatic rings. The lowest BCUT2D eigenvalue weighted by Crippen LogP contribution is -2.30. The van der Waals surface area contributed by atoms with Crippen molar-refractivity contribution in [1.29, 1.82) is 0 Å². The van der Waals surface area contributed by atoms with E-state index < -0.39 is 22.5 Å². The van der Waals surface area contributed by atoms with Crippen LogP contribution in [0.3, 0.4) is 0 Å². The van der Waals surface area contributed by atoms with Gasteiger partial charge in [0.25, 0.3) is 0 Å². The molecule has 1 aliphatic rings. The summed E-state index contributed by atoms with van der Waals surface area (Å²) in [6.45, 7) is 0. The first kappa shape index (κ1) is 68.3. The summed E-state index contributed by atoms with van der Waals surface area (Å²) < 4.78 is 36.2. The van der Waals surface area contributed by atoms with Crippen LogP contribution in [0.15, 0.2) is 168 Å². The first-order chi connectivity index (χ1) is 41.4. The summed E-state index contributed by atoms with van der Waals surface area (Å²) in [5.41, 5.74) is 5.44. The molecule has 0 saturated carbocycles. The number of nitrogens with zero attached hydrogens (tertiary/aromatic N) is 27. The number of pyridine rings is 3. The molecule has 0 aliphatic carbocycles. The molecule has 87 heavy (non-hydrogen) atoms. The van der Waals surface area contributed by atoms with Crippen molar-refractivity contribution in [3.63, 3.8) is 0 Å². The smallest absolute Gasteiger partial charge is 0.192 e. The van der Waals surface area contributed by atoms with E-state index in [2.05, 4.69) is 171 Å². The highest BCUT2D eigenvalue weighted by atomic mass is 31.2. The van der Waals surface area contributed by atoms with E-state index in [9.17, 15) is 0 Å². The van der Waals surface area contributed by atoms with Gasteiger partial charge in [0.2, 0.25) is 0 Å². The van der Waals surface area contributed by atoms with Crippen molar-refractivity contribution in [1.82, 2.24) is 57.0 Å². The van der Waals surface area contributed by atoms with Crippen LogP contribution in [0.25, 0.3) is 0 Å². The standard InChI is InChI=1S/C51H78N30P6/c1-70(2)85(71(3)4,72(5)6)61-38-21-27-44(28-22-38)80-48-33-40(59-68-83-65-53)31-46(55-48)79(43-25-19-37(20-26-43)58-67-82-64-52)47-32-41(60-69-84-66-54)34-49(56-47)81(45-29-23-39(24-30-45)62-86(73(7)8,74(9)10)75(11)12)51-36-42(35-50(80)57-51)63-87(76(13)14,77(15)16)78(17)18/h19-36H,52-54H2,1-18H3. The molecule has 0 saturated heterocycles. The molecule has 0 radical (unpaired) electrons. The highest BCUT2D eigenvalue weighted by molar-refractivity contribution is 7.59. The Morgan fingerprint density at radius 2 is 0.506 bits per heavy atom. The zero-order chi connectivity index (χ0) is 63.5. The lowest BCUT2D eigenvalue weighted by molar-refractivity contribution is 0.474. The Morgan fingerprint density at radius 1 is 0.299 bits per heavy atom. The van der Waals surface area contributed by atoms with E-state index >= 15 is 0 Å². The van der Waals surface area contributed by atoms with Crippen LogP contribution in [0.2, 0.25) is 0 Å². The molecule has 0 amide bonds. The molecule has 6 N–H and O–H groups in total. The van der Waals surface area contributed by atoms with Gasteiger partial charge in [0.15, 0.2) is 48.1 Å². The second-order valence-electron chi connectivity index (χ2n) is 20.9. The van der Waals surface area contributed by atoms with Crippen LogP contribution in [0.5, 0.6) is 0 Å². The fraction of sp³-hybridized carbons (Fsp3) is 0.353. The molecular formula is C51H78N30P6. The lowest BCUT2D eigenvalue weighted by atomic mass is 10.2. The third kappa shape index (κ3) is 14.9. The molecule has 0 fully saturated rings. The molecule has 0 spiro atoms. The second-order valence-corrected chi connectivity index (χ2v) is 33.7. The molecule has 4 heterocycles. The van der Waals surface area contributed by atoms with E-state index in [4.69, 9.17) is 46.7 Å². The van der Waals surface area contributed by atoms with Crippen LogP contribution in [-0.4, -0.2) is 184 Å². The van der Waals surface area contributed by atoms with Crippen LogP contribution in [-0.2, 0) is 0 Å². The summed E-state index contributed by atoms with van der Waals surface area (Å²) in [7, 11) is 30.0. The van der Waals surface area contributed by atoms with E-state index in [-0.39, 0.29) is 25.6 Å². The SMILES string of the molecule is CN(C)P(=Nc1ccc(N2c3cc(N=NP=NN)cc(n3)N(c3ccc(N=NP=NN)cc3)c3cc(N=NP=NN)cc(n3)N(c3ccc(N=P(N(C)C)(N(C)C)N(C)C)cc3)c3cc(N=P(N(C)C)(N(C)C)N(C)C)cc2n3)cc1)(N(C)C)N(C)C. The molecule has 3 aromatic carbocycles. The number of hydrogen-bond donors (Lipinski definition) is 3. The second kappa shape index (κ2) is 29.9. The van der Waals surface area contributed by atoms with Gasteiger partial charge in [-0.3, -0.25) is 56.7 Å². The highest BCUT2D eigenvalue weighted by Gasteiger charge is 2.33. The summed E-state index contributed by atoms with van der Waals surface area (Å²) in [5.74, 6) is 19.0. The zero-order valence-electron chi connectivity index (χ0n) is 52.4. The molecule has 6 bridgehead atoms. The van der Waals surface area contributed by atoms with Crippen molar-refractivity contribution >= 4 is 134 Å². The minimum Gasteiger partial charge on any atom is -0.279 e. The van der Waals surface area contributed by atoms with Gasteiger partial charge in [-0.2, -0.15) is 14.6 Å². The third-order valence-electron chi connectivity index (χ3n) is 13.4. The Morgan fingerprint density at radius 3 is 0.736 bits per heavy atom. The van der Waals surface area contributed by atoms with Crippen LogP contribution in [0, 0.1) is 0 Å². The minimum absolute atomic E-state index is 0.180. The summed E-state index contributed by atoms with van der Waals surface area (Å²) in [5, 5.41) is 13.7. The molecule has 462 valence electrons. The van der Waals surface area contributed by atoms with Crippen LogP contribution in [0.1, 0.15) is 0 Å². The average molecular weight is 1300 g/mol. The van der Waals surface area contributed by atoms with E-state index in [0.29, 0.717) is 74.7 Å². The summed E-state index contributed by atoms with van der Waals surface area (Å²) in [6.07, 6.45) is 0. The van der Waals surface area contributed by atoms with Crippen molar-refractivity contribution in [2.45, 2.75) is 0 Å². The first-order valence-electron chi connectivity index (χ1n) is 26.6. The van der Waals surface area contributed by atoms with Crippen LogP contribution < -0.4 is 32.2 Å². The van der Waals surface area contributed by atoms with Crippen LogP contribution >= 0.6 is 48.1 Å². The Kier molecular flexibility index (Phi) is 23.5. The summed E-state index contributed by atoms with van der Waals surface area (Å²) in [4.78, 5) is 46.3. The van der Waals surface area contributed by atoms with Gasteiger partial charge in [0, 0.05) is 53.5 Å². The van der Waals surface area contributed by atoms with Gasteiger partial charge in [0.1, 0.15) is 34.9 Å². The van der Waals surface area contributed by atoms with Crippen molar-refractivity contribution < 1.29 is 0 Å². The largest absolute Gasteiger partial charge is 0.279 e. The molecular weight excluding hydrogens is 1220 g/mol. The number of nitrogens with two attached hydrogens (primary N) is 3. The van der Waals surface area contributed by atoms with Gasteiger partial charge in [0.05, 0.1) is 34.1 Å². The normalized spacial score (nSPS) is 13.9. The van der Waals surface area contributed by atoms with Crippen molar-refractivity contribution in [3.8, 4) is 0 Å². The predicted octanol–water partition coefficient (Wildman–Crippen LogP) is 15.4. The maximum atomic E-state index is 5.76. The number of aromatic nitrogens is 3. The van der Waals surface area contributed by atoms with E-state index in [1.54, 1.807) is 12.1 Å². The van der Waals surface area contributed by atoms with Crippen molar-refractivity contribution in [3.05, 3.63) is 109 Å². The molecule has 0 unspecified atom stereocenters. The van der Waals surface area contributed by atoms with Gasteiger partial charge < -0.3 is 0 Å². The Hall–Kier alpha value is -6.18. The molecule has 36 heteroatoms. The predicted molar refractivity (Wildman–Crippen MR) is 362 cm³/mol. The number of fused-ring (bicyclic) bond motifs is 6. The van der Waals surface area contributed by atoms with E-state index in [1.165, 1.54) is 0 Å². The van der Waals surface area contributed by atoms with Gasteiger partial charge in [-0.25, -0.2) is 46.7 Å². The zero-order valence-corrected chi connectivity index (χ0v) is 57.7. The number of rotatable bonds is 21. The quantitative estimate of drug-likeness (QED) is 0.0260. The lowest BCUT2D eigenvalue weighted by Gasteiger charge is -2.41. The van der Waals surface area contributed by atoms with Gasteiger partial charge >= 0.3 is 0 Å². The fourth-order valence-corrected chi connectivity index (χ4v) is 20.2. The Balaban J connectivity index is 1.72. The molecule has 1 aliphatic heterocycles. The van der Waals surface area contributed by atoms with Crippen molar-refractivity contribution in [2.24, 2.45) is 76.3 Å². The average Bonchev–Trinajstić information content (AvgIpc) is 0.940. The van der Waals surface area contributed by atoms with Gasteiger partial charge in [-0.05, 0) is 200 Å². The summed E-state index contributed by atoms with van der Waals surface area (Å²) in [6, 6.07) is 34.6. The minimum atomic E-state index is -2.66. The van der Waals surface area contributed by atoms with Gasteiger partial charge in [-0.1, -0.05) is 0 Å². The Bertz CT molecular complexity index is 3440. The summed E-state index contributed by atoms with van der Waals surface area (Å²) >= 11 is 0. The Labute approximate surface area is 515 Å². The monoisotopic (exact) mass is 1300 g/mol. The van der Waals surface area contributed by atoms with E-state index in [1.807, 2.05) is 154 Å². The highest BCUT2D eigenvalue weighted by Crippen LogP contribution is 2.60. The molecule has 3 aromatic heterocycles. The number of hydrogen-bond acceptors (Lipinski definition) is 15. The van der Waals surface area contributed by atoms with E-state index in [0.717, 1.165) is 11.4 Å². The molecule has 0 atom stereocenters. The number of anilines is 9. The van der Waals surface area contributed by atoms with Crippen molar-refractivity contribution in [2.75, 3.05) is 142 Å². The van der Waals surface area contributed by atoms with Crippen LogP contribution in [0.4, 0.5) is 86.1 Å². The maximum Gasteiger partial charge on any atom is 0.192 e. The number of benzene rings is 3. The fourth-order valence-electron chi connectivity index (χ4n) is 10.2. The molecule has 30 nitrogen and oxygen atoms in total. The third-order valence-corrected chi connectivity index (χ3v) is 25.4.